The third kappa shape index (κ3) is 5.76. The van der Waals surface area contributed by atoms with Crippen molar-refractivity contribution in [2.24, 2.45) is 0 Å². The van der Waals surface area contributed by atoms with E-state index in [0.717, 1.165) is 16.0 Å². The molecule has 0 saturated carbocycles. The second kappa shape index (κ2) is 8.82. The SMILES string of the molecule is CN(C)/C=C(\C#N)C(=O)c1nc2cc(Br)ccc2n1COCC[Si](C)(C)C. The van der Waals surface area contributed by atoms with Gasteiger partial charge in [-0.05, 0) is 24.2 Å². The van der Waals surface area contributed by atoms with Crippen LogP contribution in [0.1, 0.15) is 10.6 Å². The molecule has 0 atom stereocenters. The van der Waals surface area contributed by atoms with E-state index in [2.05, 4.69) is 40.6 Å². The Kier molecular flexibility index (Phi) is 6.98. The molecular formula is C19H25BrN4O2Si. The van der Waals surface area contributed by atoms with E-state index in [1.807, 2.05) is 24.3 Å². The largest absolute Gasteiger partial charge is 0.382 e. The maximum atomic E-state index is 12.9. The first kappa shape index (κ1) is 21.3. The highest BCUT2D eigenvalue weighted by molar-refractivity contribution is 9.10. The monoisotopic (exact) mass is 448 g/mol. The summed E-state index contributed by atoms with van der Waals surface area (Å²) in [7, 11) is 2.34. The molecule has 0 saturated heterocycles. The number of hydrogen-bond acceptors (Lipinski definition) is 5. The Labute approximate surface area is 169 Å². The molecule has 0 amide bonds. The predicted octanol–water partition coefficient (Wildman–Crippen LogP) is 4.26. The maximum Gasteiger partial charge on any atom is 0.240 e. The van der Waals surface area contributed by atoms with E-state index in [0.29, 0.717) is 12.1 Å². The number of aromatic nitrogens is 2. The average molecular weight is 449 g/mol. The lowest BCUT2D eigenvalue weighted by atomic mass is 10.2. The van der Waals surface area contributed by atoms with Crippen molar-refractivity contribution in [3.8, 4) is 6.07 Å². The summed E-state index contributed by atoms with van der Waals surface area (Å²) in [5.41, 5.74) is 1.53. The molecule has 0 radical (unpaired) electrons. The zero-order valence-electron chi connectivity index (χ0n) is 16.4. The van der Waals surface area contributed by atoms with Gasteiger partial charge < -0.3 is 9.64 Å². The highest BCUT2D eigenvalue weighted by atomic mass is 79.9. The van der Waals surface area contributed by atoms with Crippen LogP contribution in [0, 0.1) is 11.3 Å². The van der Waals surface area contributed by atoms with Crippen molar-refractivity contribution >= 4 is 40.8 Å². The molecule has 0 fully saturated rings. The van der Waals surface area contributed by atoms with Crippen LogP contribution in [-0.2, 0) is 11.5 Å². The summed E-state index contributed by atoms with van der Waals surface area (Å²) in [5, 5.41) is 9.38. The lowest BCUT2D eigenvalue weighted by Crippen LogP contribution is -2.22. The van der Waals surface area contributed by atoms with E-state index in [-0.39, 0.29) is 18.1 Å². The normalized spacial score (nSPS) is 12.3. The first-order chi connectivity index (χ1) is 12.6. The van der Waals surface area contributed by atoms with Crippen LogP contribution >= 0.6 is 15.9 Å². The van der Waals surface area contributed by atoms with Gasteiger partial charge in [0, 0.05) is 39.4 Å². The fraction of sp³-hybridized carbons (Fsp3) is 0.421. The van der Waals surface area contributed by atoms with Gasteiger partial charge in [-0.3, -0.25) is 9.36 Å². The molecule has 0 unspecified atom stereocenters. The first-order valence-corrected chi connectivity index (χ1v) is 13.2. The Hall–Kier alpha value is -1.95. The number of carbonyl (C=O) groups excluding carboxylic acids is 1. The van der Waals surface area contributed by atoms with Crippen molar-refractivity contribution in [1.29, 1.82) is 5.26 Å². The number of benzene rings is 1. The Morgan fingerprint density at radius 1 is 1.41 bits per heavy atom. The number of Topliss-reactive ketones (excluding diaryl/α,β-unsaturated/α-hetero) is 1. The highest BCUT2D eigenvalue weighted by Crippen LogP contribution is 2.23. The van der Waals surface area contributed by atoms with E-state index in [9.17, 15) is 10.1 Å². The fourth-order valence-corrected chi connectivity index (χ4v) is 3.56. The van der Waals surface area contributed by atoms with Crippen LogP contribution in [0.4, 0.5) is 0 Å². The van der Waals surface area contributed by atoms with E-state index < -0.39 is 13.9 Å². The molecule has 2 aromatic rings. The number of ether oxygens (including phenoxy) is 1. The van der Waals surface area contributed by atoms with Crippen molar-refractivity contribution in [2.45, 2.75) is 32.4 Å². The van der Waals surface area contributed by atoms with Crippen LogP contribution in [-0.4, -0.2) is 49.0 Å². The third-order valence-corrected chi connectivity index (χ3v) is 6.08. The Morgan fingerprint density at radius 3 is 2.70 bits per heavy atom. The Morgan fingerprint density at radius 2 is 2.11 bits per heavy atom. The van der Waals surface area contributed by atoms with Gasteiger partial charge in [0.1, 0.15) is 18.4 Å². The molecule has 0 N–H and O–H groups in total. The highest BCUT2D eigenvalue weighted by Gasteiger charge is 2.22. The number of carbonyl (C=O) groups is 1. The maximum absolute atomic E-state index is 12.9. The first-order valence-electron chi connectivity index (χ1n) is 8.69. The molecule has 0 aliphatic heterocycles. The minimum atomic E-state index is -1.20. The van der Waals surface area contributed by atoms with Crippen molar-refractivity contribution in [2.75, 3.05) is 20.7 Å². The van der Waals surface area contributed by atoms with Crippen LogP contribution in [0.15, 0.2) is 34.4 Å². The van der Waals surface area contributed by atoms with Crippen LogP contribution in [0.3, 0.4) is 0 Å². The standard InChI is InChI=1S/C19H25BrN4O2Si/c1-23(2)12-14(11-21)18(25)19-22-16-10-15(20)6-7-17(16)24(19)13-26-8-9-27(3,4)5/h6-7,10,12H,8-9,13H2,1-5H3/b14-12+. The number of hydrogen-bond donors (Lipinski definition) is 0. The molecule has 1 aromatic heterocycles. The van der Waals surface area contributed by atoms with E-state index >= 15 is 0 Å². The predicted molar refractivity (Wildman–Crippen MR) is 113 cm³/mol. The molecule has 144 valence electrons. The summed E-state index contributed by atoms with van der Waals surface area (Å²) in [6.07, 6.45) is 1.51. The molecule has 2 rings (SSSR count). The lowest BCUT2D eigenvalue weighted by molar-refractivity contribution is 0.0834. The Bertz CT molecular complexity index is 907. The van der Waals surface area contributed by atoms with Gasteiger partial charge in [0.05, 0.1) is 11.0 Å². The van der Waals surface area contributed by atoms with Gasteiger partial charge in [-0.2, -0.15) is 5.26 Å². The molecule has 0 bridgehead atoms. The van der Waals surface area contributed by atoms with E-state index in [1.54, 1.807) is 23.6 Å². The second-order valence-electron chi connectivity index (χ2n) is 7.79. The van der Waals surface area contributed by atoms with Gasteiger partial charge in [-0.15, -0.1) is 0 Å². The molecule has 0 aliphatic carbocycles. The minimum absolute atomic E-state index is 0.0396. The number of fused-ring (bicyclic) bond motifs is 1. The summed E-state index contributed by atoms with van der Waals surface area (Å²) in [6, 6.07) is 8.66. The summed E-state index contributed by atoms with van der Waals surface area (Å²) in [5.74, 6) is -0.196. The zero-order chi connectivity index (χ0) is 20.2. The van der Waals surface area contributed by atoms with Gasteiger partial charge >= 0.3 is 0 Å². The van der Waals surface area contributed by atoms with Crippen molar-refractivity contribution in [3.63, 3.8) is 0 Å². The smallest absolute Gasteiger partial charge is 0.240 e. The summed E-state index contributed by atoms with van der Waals surface area (Å²) in [6.45, 7) is 7.74. The summed E-state index contributed by atoms with van der Waals surface area (Å²) < 4.78 is 8.48. The summed E-state index contributed by atoms with van der Waals surface area (Å²) in [4.78, 5) is 19.1. The van der Waals surface area contributed by atoms with E-state index in [4.69, 9.17) is 4.74 Å². The van der Waals surface area contributed by atoms with Gasteiger partial charge in [-0.1, -0.05) is 35.6 Å². The molecular weight excluding hydrogens is 424 g/mol. The van der Waals surface area contributed by atoms with Crippen LogP contribution in [0.5, 0.6) is 0 Å². The van der Waals surface area contributed by atoms with Gasteiger partial charge in [0.25, 0.3) is 0 Å². The lowest BCUT2D eigenvalue weighted by Gasteiger charge is -2.16. The van der Waals surface area contributed by atoms with Crippen molar-refractivity contribution < 1.29 is 9.53 Å². The number of nitriles is 1. The minimum Gasteiger partial charge on any atom is -0.382 e. The molecule has 0 aliphatic rings. The van der Waals surface area contributed by atoms with E-state index in [1.165, 1.54) is 6.20 Å². The van der Waals surface area contributed by atoms with Crippen LogP contribution in [0.2, 0.25) is 25.7 Å². The number of rotatable bonds is 8. The molecule has 1 heterocycles. The molecule has 8 heteroatoms. The number of allylic oxidation sites excluding steroid dienone is 1. The molecule has 1 aromatic carbocycles. The topological polar surface area (TPSA) is 71.2 Å². The number of imidazole rings is 1. The van der Waals surface area contributed by atoms with Crippen LogP contribution < -0.4 is 0 Å². The quantitative estimate of drug-likeness (QED) is 0.198. The van der Waals surface area contributed by atoms with Gasteiger partial charge in [0.15, 0.2) is 5.82 Å². The Balaban J connectivity index is 2.39. The van der Waals surface area contributed by atoms with Crippen LogP contribution in [0.25, 0.3) is 11.0 Å². The third-order valence-electron chi connectivity index (χ3n) is 3.88. The molecule has 27 heavy (non-hydrogen) atoms. The zero-order valence-corrected chi connectivity index (χ0v) is 19.0. The van der Waals surface area contributed by atoms with Crippen molar-refractivity contribution in [3.05, 3.63) is 40.3 Å². The second-order valence-corrected chi connectivity index (χ2v) is 14.3. The van der Waals surface area contributed by atoms with Gasteiger partial charge in [-0.25, -0.2) is 4.98 Å². The number of ketones is 1. The fourth-order valence-electron chi connectivity index (χ4n) is 2.46. The average Bonchev–Trinajstić information content (AvgIpc) is 2.92. The van der Waals surface area contributed by atoms with Gasteiger partial charge in [0.2, 0.25) is 5.78 Å². The number of halogens is 1. The molecule has 6 nitrogen and oxygen atoms in total. The molecule has 0 spiro atoms. The number of nitrogens with zero attached hydrogens (tertiary/aromatic N) is 4. The van der Waals surface area contributed by atoms with Crippen molar-refractivity contribution in [1.82, 2.24) is 14.5 Å². The summed E-state index contributed by atoms with van der Waals surface area (Å²) >= 11 is 3.43.